The fraction of sp³-hybridized carbons (Fsp3) is 0.400. The first kappa shape index (κ1) is 25.1. The first-order chi connectivity index (χ1) is 17.4. The van der Waals surface area contributed by atoms with Crippen LogP contribution in [0.4, 0.5) is 14.9 Å². The highest BCUT2D eigenvalue weighted by Crippen LogP contribution is 2.19. The summed E-state index contributed by atoms with van der Waals surface area (Å²) >= 11 is 0. The lowest BCUT2D eigenvalue weighted by Gasteiger charge is -2.33. The summed E-state index contributed by atoms with van der Waals surface area (Å²) < 4.78 is 14.4. The molecule has 1 aromatic carbocycles. The quantitative estimate of drug-likeness (QED) is 0.463. The molecule has 0 spiro atoms. The minimum atomic E-state index is -0.571. The first-order valence-corrected chi connectivity index (χ1v) is 12.1. The van der Waals surface area contributed by atoms with Crippen LogP contribution in [0.1, 0.15) is 43.0 Å². The average Bonchev–Trinajstić information content (AvgIpc) is 2.88. The lowest BCUT2D eigenvalue weighted by atomic mass is 9.97. The maximum atomic E-state index is 13.2. The van der Waals surface area contributed by atoms with Crippen molar-refractivity contribution in [3.63, 3.8) is 0 Å². The van der Waals surface area contributed by atoms with Gasteiger partial charge in [0.2, 0.25) is 0 Å². The summed E-state index contributed by atoms with van der Waals surface area (Å²) in [5, 5.41) is 5.65. The second-order valence-corrected chi connectivity index (χ2v) is 8.96. The normalized spacial score (nSPS) is 15.6. The molecule has 1 saturated heterocycles. The highest BCUT2D eigenvalue weighted by atomic mass is 19.1. The number of rotatable bonds is 7. The Hall–Kier alpha value is -4.02. The van der Waals surface area contributed by atoms with Crippen LogP contribution in [0, 0.1) is 11.7 Å². The maximum absolute atomic E-state index is 13.2. The van der Waals surface area contributed by atoms with Crippen LogP contribution in [0.15, 0.2) is 46.1 Å². The number of carbonyl (C=O) groups is 2. The lowest BCUT2D eigenvalue weighted by molar-refractivity contribution is 0.0675. The van der Waals surface area contributed by atoms with Crippen molar-refractivity contribution in [2.75, 3.05) is 25.0 Å². The third-order valence-electron chi connectivity index (χ3n) is 6.27. The number of nitrogens with one attached hydrogen (secondary N) is 3. The molecule has 1 atom stereocenters. The van der Waals surface area contributed by atoms with Crippen LogP contribution in [-0.2, 0) is 6.54 Å². The molecule has 3 N–H and O–H groups in total. The smallest absolute Gasteiger partial charge is 0.329 e. The Morgan fingerprint density at radius 1 is 1.22 bits per heavy atom. The second kappa shape index (κ2) is 11.1. The molecule has 4 rings (SSSR count). The van der Waals surface area contributed by atoms with Crippen molar-refractivity contribution in [2.24, 2.45) is 5.92 Å². The van der Waals surface area contributed by atoms with Crippen LogP contribution < -0.4 is 21.9 Å². The summed E-state index contributed by atoms with van der Waals surface area (Å²) in [6.07, 6.45) is 4.66. The summed E-state index contributed by atoms with van der Waals surface area (Å²) in [5.74, 6) is -0.585. The monoisotopic (exact) mass is 496 g/mol. The topological polar surface area (TPSA) is 129 Å². The van der Waals surface area contributed by atoms with Gasteiger partial charge in [-0.2, -0.15) is 0 Å². The molecule has 0 bridgehead atoms. The Morgan fingerprint density at radius 3 is 2.75 bits per heavy atom. The number of H-pyrrole nitrogens is 1. The van der Waals surface area contributed by atoms with Gasteiger partial charge < -0.3 is 15.5 Å². The molecule has 1 unspecified atom stereocenters. The lowest BCUT2D eigenvalue weighted by Crippen LogP contribution is -2.44. The molecule has 2 aromatic heterocycles. The van der Waals surface area contributed by atoms with Crippen LogP contribution >= 0.6 is 0 Å². The fourth-order valence-electron chi connectivity index (χ4n) is 4.35. The SMILES string of the molecule is CCCCn1c(=O)[nH]c(=O)c2cc(C(=O)N3CCCC(CNC(=O)Nc4ccc(F)cc4)C3)cnc21. The Balaban J connectivity index is 1.41. The van der Waals surface area contributed by atoms with E-state index >= 15 is 0 Å². The number of halogens is 1. The summed E-state index contributed by atoms with van der Waals surface area (Å²) in [5.41, 5.74) is -0.0635. The standard InChI is InChI=1S/C25H29FN6O4/c1-2-3-11-32-21-20(22(33)30-25(32)36)12-17(14-27-21)23(34)31-10-4-5-16(15-31)13-28-24(35)29-19-8-6-18(26)7-9-19/h6-9,12,14,16H,2-5,10-11,13,15H2,1H3,(H2,28,29,35)(H,30,33,36). The van der Waals surface area contributed by atoms with E-state index in [4.69, 9.17) is 0 Å². The Kier molecular flexibility index (Phi) is 7.77. The van der Waals surface area contributed by atoms with Gasteiger partial charge in [0, 0.05) is 38.1 Å². The number of aromatic nitrogens is 3. The molecule has 190 valence electrons. The van der Waals surface area contributed by atoms with Crippen LogP contribution in [-0.4, -0.2) is 51.0 Å². The van der Waals surface area contributed by atoms with Gasteiger partial charge in [0.05, 0.1) is 10.9 Å². The van der Waals surface area contributed by atoms with Gasteiger partial charge in [-0.05, 0) is 55.5 Å². The summed E-state index contributed by atoms with van der Waals surface area (Å²) in [7, 11) is 0. The first-order valence-electron chi connectivity index (χ1n) is 12.1. The maximum Gasteiger partial charge on any atom is 0.329 e. The van der Waals surface area contributed by atoms with Crippen molar-refractivity contribution >= 4 is 28.7 Å². The van der Waals surface area contributed by atoms with Crippen molar-refractivity contribution in [1.82, 2.24) is 24.8 Å². The minimum Gasteiger partial charge on any atom is -0.338 e. The largest absolute Gasteiger partial charge is 0.338 e. The van der Waals surface area contributed by atoms with E-state index in [0.29, 0.717) is 31.9 Å². The number of benzene rings is 1. The summed E-state index contributed by atoms with van der Waals surface area (Å²) in [4.78, 5) is 58.4. The number of fused-ring (bicyclic) bond motifs is 1. The van der Waals surface area contributed by atoms with Gasteiger partial charge in [0.25, 0.3) is 11.5 Å². The molecular weight excluding hydrogens is 467 g/mol. The highest BCUT2D eigenvalue weighted by Gasteiger charge is 2.25. The third-order valence-corrected chi connectivity index (χ3v) is 6.27. The van der Waals surface area contributed by atoms with Gasteiger partial charge in [0.15, 0.2) is 0 Å². The molecule has 0 saturated carbocycles. The van der Waals surface area contributed by atoms with Crippen molar-refractivity contribution in [2.45, 2.75) is 39.2 Å². The van der Waals surface area contributed by atoms with Crippen LogP contribution in [0.3, 0.4) is 0 Å². The zero-order valence-electron chi connectivity index (χ0n) is 20.1. The highest BCUT2D eigenvalue weighted by molar-refractivity contribution is 5.96. The minimum absolute atomic E-state index is 0.0534. The van der Waals surface area contributed by atoms with Crippen molar-refractivity contribution in [1.29, 1.82) is 0 Å². The number of anilines is 1. The third kappa shape index (κ3) is 5.78. The molecule has 1 aliphatic rings. The van der Waals surface area contributed by atoms with E-state index < -0.39 is 17.3 Å². The van der Waals surface area contributed by atoms with E-state index in [0.717, 1.165) is 25.7 Å². The van der Waals surface area contributed by atoms with Gasteiger partial charge in [-0.3, -0.25) is 19.1 Å². The number of likely N-dealkylation sites (tertiary alicyclic amines) is 1. The number of piperidine rings is 1. The van der Waals surface area contributed by atoms with Gasteiger partial charge in [-0.15, -0.1) is 0 Å². The molecule has 10 nitrogen and oxygen atoms in total. The van der Waals surface area contributed by atoms with Gasteiger partial charge in [-0.1, -0.05) is 13.3 Å². The Bertz CT molecular complexity index is 1370. The molecule has 3 amide bonds. The Morgan fingerprint density at radius 2 is 2.00 bits per heavy atom. The molecule has 36 heavy (non-hydrogen) atoms. The number of carbonyl (C=O) groups excluding carboxylic acids is 2. The summed E-state index contributed by atoms with van der Waals surface area (Å²) in [6, 6.07) is 6.56. The number of hydrogen-bond acceptors (Lipinski definition) is 5. The van der Waals surface area contributed by atoms with Crippen molar-refractivity contribution in [3.8, 4) is 0 Å². The van der Waals surface area contributed by atoms with E-state index in [1.807, 2.05) is 6.92 Å². The summed E-state index contributed by atoms with van der Waals surface area (Å²) in [6.45, 7) is 3.80. The van der Waals surface area contributed by atoms with E-state index in [2.05, 4.69) is 20.6 Å². The molecule has 3 heterocycles. The number of aryl methyl sites for hydroxylation is 1. The van der Waals surface area contributed by atoms with Crippen molar-refractivity contribution in [3.05, 3.63) is 68.7 Å². The van der Waals surface area contributed by atoms with Crippen LogP contribution in [0.5, 0.6) is 0 Å². The van der Waals surface area contributed by atoms with Crippen LogP contribution in [0.2, 0.25) is 0 Å². The number of pyridine rings is 1. The number of hydrogen-bond donors (Lipinski definition) is 3. The van der Waals surface area contributed by atoms with Gasteiger partial charge in [0.1, 0.15) is 11.5 Å². The number of nitrogens with zero attached hydrogens (tertiary/aromatic N) is 3. The second-order valence-electron chi connectivity index (χ2n) is 8.96. The van der Waals surface area contributed by atoms with E-state index in [-0.39, 0.29) is 34.2 Å². The Labute approximate surface area is 206 Å². The number of urea groups is 1. The van der Waals surface area contributed by atoms with Gasteiger partial charge in [-0.25, -0.2) is 19.0 Å². The van der Waals surface area contributed by atoms with Crippen LogP contribution in [0.25, 0.3) is 11.0 Å². The van der Waals surface area contributed by atoms with Gasteiger partial charge >= 0.3 is 11.7 Å². The number of aromatic amines is 1. The molecule has 3 aromatic rings. The molecule has 0 aliphatic carbocycles. The predicted octanol–water partition coefficient (Wildman–Crippen LogP) is 2.70. The van der Waals surface area contributed by atoms with E-state index in [9.17, 15) is 23.6 Å². The van der Waals surface area contributed by atoms with E-state index in [1.54, 1.807) is 4.90 Å². The predicted molar refractivity (Wildman–Crippen MR) is 134 cm³/mol. The average molecular weight is 497 g/mol. The zero-order valence-corrected chi connectivity index (χ0v) is 20.1. The molecular formula is C25H29FN6O4. The number of amides is 3. The number of unbranched alkanes of at least 4 members (excludes halogenated alkanes) is 1. The molecule has 0 radical (unpaired) electrons. The van der Waals surface area contributed by atoms with Crippen molar-refractivity contribution < 1.29 is 14.0 Å². The molecule has 11 heteroatoms. The molecule has 1 aliphatic heterocycles. The molecule has 1 fully saturated rings. The zero-order chi connectivity index (χ0) is 25.7. The van der Waals surface area contributed by atoms with E-state index in [1.165, 1.54) is 41.1 Å². The fourth-order valence-corrected chi connectivity index (χ4v) is 4.35.